The molecule has 1 aromatic carbocycles. The van der Waals surface area contributed by atoms with Crippen molar-refractivity contribution in [2.24, 2.45) is 0 Å². The number of nitrogens with one attached hydrogen (secondary N) is 1. The number of amides is 2. The fourth-order valence-electron chi connectivity index (χ4n) is 1.61. The van der Waals surface area contributed by atoms with E-state index in [4.69, 9.17) is 21.1 Å². The summed E-state index contributed by atoms with van der Waals surface area (Å²) in [7, 11) is 3.07. The Hall–Kier alpha value is -1.63. The lowest BCUT2D eigenvalue weighted by Gasteiger charge is -2.21. The van der Waals surface area contributed by atoms with Crippen LogP contribution in [0.5, 0.6) is 0 Å². The molecule has 1 N–H and O–H groups in total. The zero-order chi connectivity index (χ0) is 15.7. The van der Waals surface area contributed by atoms with Crippen molar-refractivity contribution in [3.05, 3.63) is 29.3 Å². The summed E-state index contributed by atoms with van der Waals surface area (Å²) in [6.07, 6.45) is 0. The zero-order valence-electron chi connectivity index (χ0n) is 12.1. The van der Waals surface area contributed by atoms with Gasteiger partial charge in [-0.3, -0.25) is 9.59 Å². The summed E-state index contributed by atoms with van der Waals surface area (Å²) in [5.41, 5.74) is 0.472. The number of hydrogen-bond donors (Lipinski definition) is 1. The molecule has 0 unspecified atom stereocenters. The monoisotopic (exact) mass is 314 g/mol. The molecule has 0 bridgehead atoms. The van der Waals surface area contributed by atoms with Gasteiger partial charge in [0, 0.05) is 38.0 Å². The van der Waals surface area contributed by atoms with Gasteiger partial charge in [0.2, 0.25) is 0 Å². The van der Waals surface area contributed by atoms with Gasteiger partial charge in [-0.15, -0.1) is 0 Å². The summed E-state index contributed by atoms with van der Waals surface area (Å²) in [6.45, 7) is 1.34. The summed E-state index contributed by atoms with van der Waals surface area (Å²) in [6, 6.07) is 6.60. The molecule has 0 saturated heterocycles. The van der Waals surface area contributed by atoms with E-state index in [-0.39, 0.29) is 0 Å². The molecule has 0 radical (unpaired) electrons. The van der Waals surface area contributed by atoms with Crippen LogP contribution in [0.15, 0.2) is 24.3 Å². The van der Waals surface area contributed by atoms with Crippen LogP contribution in [-0.4, -0.2) is 57.2 Å². The van der Waals surface area contributed by atoms with Crippen LogP contribution in [0.1, 0.15) is 0 Å². The number of methoxy groups -OCH3 is 2. The molecule has 0 atom stereocenters. The first kappa shape index (κ1) is 17.4. The van der Waals surface area contributed by atoms with Gasteiger partial charge in [0.1, 0.15) is 0 Å². The van der Waals surface area contributed by atoms with Crippen molar-refractivity contribution < 1.29 is 19.1 Å². The molecule has 2 amide bonds. The van der Waals surface area contributed by atoms with Crippen LogP contribution in [0.2, 0.25) is 5.02 Å². The largest absolute Gasteiger partial charge is 0.383 e. The predicted octanol–water partition coefficient (Wildman–Crippen LogP) is 1.40. The van der Waals surface area contributed by atoms with Gasteiger partial charge in [0.15, 0.2) is 0 Å². The summed E-state index contributed by atoms with van der Waals surface area (Å²) in [5, 5.41) is 3.00. The summed E-state index contributed by atoms with van der Waals surface area (Å²) in [4.78, 5) is 25.5. The number of benzene rings is 1. The molecule has 6 nitrogen and oxygen atoms in total. The van der Waals surface area contributed by atoms with Crippen molar-refractivity contribution in [3.8, 4) is 0 Å². The zero-order valence-corrected chi connectivity index (χ0v) is 12.9. The lowest BCUT2D eigenvalue weighted by Crippen LogP contribution is -2.43. The molecule has 0 fully saturated rings. The molecular weight excluding hydrogens is 296 g/mol. The number of nitrogens with zero attached hydrogens (tertiary/aromatic N) is 1. The van der Waals surface area contributed by atoms with E-state index in [0.717, 1.165) is 0 Å². The molecular formula is C14H19ClN2O4. The standard InChI is InChI=1S/C14H19ClN2O4/c1-20-8-6-17(7-9-21-2)14(19)13(18)16-12-5-3-4-11(15)10-12/h3-5,10H,6-9H2,1-2H3,(H,16,18). The van der Waals surface area contributed by atoms with E-state index in [9.17, 15) is 9.59 Å². The topological polar surface area (TPSA) is 67.9 Å². The highest BCUT2D eigenvalue weighted by Gasteiger charge is 2.21. The minimum Gasteiger partial charge on any atom is -0.383 e. The molecule has 1 rings (SSSR count). The van der Waals surface area contributed by atoms with Gasteiger partial charge >= 0.3 is 11.8 Å². The molecule has 0 spiro atoms. The van der Waals surface area contributed by atoms with Crippen LogP contribution in [0.4, 0.5) is 5.69 Å². The van der Waals surface area contributed by atoms with Gasteiger partial charge in [-0.1, -0.05) is 17.7 Å². The normalized spacial score (nSPS) is 10.2. The first-order valence-corrected chi connectivity index (χ1v) is 6.80. The Morgan fingerprint density at radius 2 is 1.81 bits per heavy atom. The Kier molecular flexibility index (Phi) is 7.74. The highest BCUT2D eigenvalue weighted by Crippen LogP contribution is 2.14. The molecule has 21 heavy (non-hydrogen) atoms. The number of carbonyl (C=O) groups is 2. The fraction of sp³-hybridized carbons (Fsp3) is 0.429. The predicted molar refractivity (Wildman–Crippen MR) is 80.4 cm³/mol. The molecule has 7 heteroatoms. The smallest absolute Gasteiger partial charge is 0.313 e. The van der Waals surface area contributed by atoms with E-state index >= 15 is 0 Å². The van der Waals surface area contributed by atoms with Crippen molar-refractivity contribution in [2.45, 2.75) is 0 Å². The summed E-state index contributed by atoms with van der Waals surface area (Å²) in [5.74, 6) is -1.35. The number of anilines is 1. The summed E-state index contributed by atoms with van der Waals surface area (Å²) >= 11 is 5.83. The lowest BCUT2D eigenvalue weighted by molar-refractivity contribution is -0.144. The maximum absolute atomic E-state index is 12.1. The average molecular weight is 315 g/mol. The van der Waals surface area contributed by atoms with Crippen LogP contribution in [-0.2, 0) is 19.1 Å². The van der Waals surface area contributed by atoms with E-state index in [0.29, 0.717) is 37.0 Å². The Morgan fingerprint density at radius 3 is 2.33 bits per heavy atom. The Morgan fingerprint density at radius 1 is 1.19 bits per heavy atom. The number of rotatable bonds is 7. The molecule has 0 saturated carbocycles. The minimum absolute atomic E-state index is 0.321. The highest BCUT2D eigenvalue weighted by molar-refractivity contribution is 6.39. The van der Waals surface area contributed by atoms with Gasteiger partial charge in [-0.05, 0) is 18.2 Å². The van der Waals surface area contributed by atoms with Gasteiger partial charge in [0.25, 0.3) is 0 Å². The summed E-state index contributed by atoms with van der Waals surface area (Å²) < 4.78 is 9.86. The Bertz CT molecular complexity index is 474. The second-order valence-corrected chi connectivity index (χ2v) is 4.68. The Balaban J connectivity index is 2.65. The quantitative estimate of drug-likeness (QED) is 0.773. The van der Waals surface area contributed by atoms with E-state index in [2.05, 4.69) is 5.32 Å². The lowest BCUT2D eigenvalue weighted by atomic mass is 10.3. The number of hydrogen-bond acceptors (Lipinski definition) is 4. The highest BCUT2D eigenvalue weighted by atomic mass is 35.5. The third-order valence-corrected chi connectivity index (χ3v) is 2.93. The van der Waals surface area contributed by atoms with Gasteiger partial charge < -0.3 is 19.7 Å². The van der Waals surface area contributed by atoms with Crippen LogP contribution >= 0.6 is 11.6 Å². The second kappa shape index (κ2) is 9.33. The SMILES string of the molecule is COCCN(CCOC)C(=O)C(=O)Nc1cccc(Cl)c1. The third-order valence-electron chi connectivity index (χ3n) is 2.69. The van der Waals surface area contributed by atoms with Crippen molar-refractivity contribution >= 4 is 29.1 Å². The molecule has 0 heterocycles. The number of carbonyl (C=O) groups excluding carboxylic acids is 2. The van der Waals surface area contributed by atoms with E-state index in [1.54, 1.807) is 24.3 Å². The van der Waals surface area contributed by atoms with Crippen molar-refractivity contribution in [2.75, 3.05) is 45.8 Å². The molecule has 0 aromatic heterocycles. The van der Waals surface area contributed by atoms with Crippen LogP contribution in [0.25, 0.3) is 0 Å². The van der Waals surface area contributed by atoms with E-state index in [1.165, 1.54) is 19.1 Å². The molecule has 0 aliphatic carbocycles. The van der Waals surface area contributed by atoms with Gasteiger partial charge in [0.05, 0.1) is 13.2 Å². The molecule has 116 valence electrons. The van der Waals surface area contributed by atoms with Gasteiger partial charge in [-0.25, -0.2) is 0 Å². The second-order valence-electron chi connectivity index (χ2n) is 4.24. The van der Waals surface area contributed by atoms with Crippen LogP contribution in [0, 0.1) is 0 Å². The van der Waals surface area contributed by atoms with Crippen molar-refractivity contribution in [3.63, 3.8) is 0 Å². The van der Waals surface area contributed by atoms with E-state index < -0.39 is 11.8 Å². The molecule has 0 aliphatic rings. The molecule has 1 aromatic rings. The van der Waals surface area contributed by atoms with Crippen LogP contribution in [0.3, 0.4) is 0 Å². The number of halogens is 1. The average Bonchev–Trinajstić information content (AvgIpc) is 2.47. The first-order valence-electron chi connectivity index (χ1n) is 6.42. The van der Waals surface area contributed by atoms with Crippen LogP contribution < -0.4 is 5.32 Å². The maximum atomic E-state index is 12.1. The minimum atomic E-state index is -0.718. The maximum Gasteiger partial charge on any atom is 0.313 e. The first-order chi connectivity index (χ1) is 10.1. The van der Waals surface area contributed by atoms with Gasteiger partial charge in [-0.2, -0.15) is 0 Å². The molecule has 0 aliphatic heterocycles. The van der Waals surface area contributed by atoms with E-state index in [1.807, 2.05) is 0 Å². The Labute approximate surface area is 129 Å². The third kappa shape index (κ3) is 6.12. The van der Waals surface area contributed by atoms with Crippen molar-refractivity contribution in [1.82, 2.24) is 4.90 Å². The van der Waals surface area contributed by atoms with Crippen molar-refractivity contribution in [1.29, 1.82) is 0 Å². The number of ether oxygens (including phenoxy) is 2. The fourth-order valence-corrected chi connectivity index (χ4v) is 1.80.